The largest absolute Gasteiger partial charge is 0.507 e. The van der Waals surface area contributed by atoms with Crippen LogP contribution in [0.2, 0.25) is 0 Å². The molecule has 23 heavy (non-hydrogen) atoms. The molecule has 120 valence electrons. The lowest BCUT2D eigenvalue weighted by Crippen LogP contribution is -1.99. The lowest BCUT2D eigenvalue weighted by Gasteiger charge is -2.08. The zero-order chi connectivity index (χ0) is 17.0. The van der Waals surface area contributed by atoms with E-state index < -0.39 is 0 Å². The van der Waals surface area contributed by atoms with Crippen LogP contribution in [0.25, 0.3) is 5.76 Å². The fourth-order valence-electron chi connectivity index (χ4n) is 2.18. The van der Waals surface area contributed by atoms with Gasteiger partial charge in [0.2, 0.25) is 0 Å². The number of allylic oxidation sites excluding steroid dienone is 1. The minimum Gasteiger partial charge on any atom is -0.507 e. The molecule has 0 heterocycles. The number of ketones is 1. The molecule has 2 aromatic carbocycles. The minimum absolute atomic E-state index is 0.0621. The van der Waals surface area contributed by atoms with Gasteiger partial charge in [0, 0.05) is 17.2 Å². The van der Waals surface area contributed by atoms with Crippen molar-refractivity contribution < 1.29 is 19.4 Å². The van der Waals surface area contributed by atoms with E-state index in [1.54, 1.807) is 24.3 Å². The van der Waals surface area contributed by atoms with E-state index in [9.17, 15) is 9.90 Å². The fourth-order valence-corrected chi connectivity index (χ4v) is 2.18. The Morgan fingerprint density at radius 3 is 2.17 bits per heavy atom. The van der Waals surface area contributed by atoms with E-state index in [0.717, 1.165) is 11.1 Å². The van der Waals surface area contributed by atoms with Gasteiger partial charge in [-0.3, -0.25) is 4.79 Å². The summed E-state index contributed by atoms with van der Waals surface area (Å²) in [7, 11) is 3.04. The van der Waals surface area contributed by atoms with Crippen molar-refractivity contribution in [2.24, 2.45) is 0 Å². The molecule has 0 aliphatic heterocycles. The number of hydrogen-bond donors (Lipinski definition) is 1. The summed E-state index contributed by atoms with van der Waals surface area (Å²) >= 11 is 0. The first kappa shape index (κ1) is 16.6. The van der Waals surface area contributed by atoms with Crippen LogP contribution in [0, 0.1) is 13.8 Å². The van der Waals surface area contributed by atoms with Crippen LogP contribution in [0.5, 0.6) is 11.5 Å². The van der Waals surface area contributed by atoms with Gasteiger partial charge in [-0.05, 0) is 49.2 Å². The van der Waals surface area contributed by atoms with Gasteiger partial charge in [0.15, 0.2) is 17.3 Å². The minimum atomic E-state index is -0.304. The Morgan fingerprint density at radius 2 is 1.57 bits per heavy atom. The number of methoxy groups -OCH3 is 2. The lowest BCUT2D eigenvalue weighted by atomic mass is 10.0. The first-order valence-corrected chi connectivity index (χ1v) is 7.21. The lowest BCUT2D eigenvalue weighted by molar-refractivity contribution is 0.104. The molecular weight excluding hydrogens is 292 g/mol. The maximum Gasteiger partial charge on any atom is 0.189 e. The number of ether oxygens (including phenoxy) is 2. The topological polar surface area (TPSA) is 55.8 Å². The molecule has 0 unspecified atom stereocenters. The summed E-state index contributed by atoms with van der Waals surface area (Å²) < 4.78 is 10.3. The Balaban J connectivity index is 2.31. The monoisotopic (exact) mass is 312 g/mol. The van der Waals surface area contributed by atoms with E-state index in [-0.39, 0.29) is 11.5 Å². The van der Waals surface area contributed by atoms with Gasteiger partial charge in [0.05, 0.1) is 14.2 Å². The van der Waals surface area contributed by atoms with Crippen molar-refractivity contribution >= 4 is 11.5 Å². The van der Waals surface area contributed by atoms with E-state index in [0.29, 0.717) is 22.6 Å². The fraction of sp³-hybridized carbons (Fsp3) is 0.211. The normalized spacial score (nSPS) is 11.2. The molecule has 1 N–H and O–H groups in total. The Labute approximate surface area is 136 Å². The van der Waals surface area contributed by atoms with E-state index in [1.807, 2.05) is 26.0 Å². The third-order valence-electron chi connectivity index (χ3n) is 3.74. The van der Waals surface area contributed by atoms with Crippen LogP contribution in [-0.4, -0.2) is 25.1 Å². The van der Waals surface area contributed by atoms with Gasteiger partial charge in [-0.1, -0.05) is 12.1 Å². The number of benzene rings is 2. The third-order valence-corrected chi connectivity index (χ3v) is 3.74. The summed E-state index contributed by atoms with van der Waals surface area (Å²) in [5, 5.41) is 10.2. The molecule has 0 aromatic heterocycles. The molecule has 4 heteroatoms. The van der Waals surface area contributed by atoms with E-state index in [2.05, 4.69) is 0 Å². The Kier molecular flexibility index (Phi) is 5.06. The number of carbonyl (C=O) groups excluding carboxylic acids is 1. The second-order valence-electron chi connectivity index (χ2n) is 5.26. The van der Waals surface area contributed by atoms with Gasteiger partial charge < -0.3 is 14.6 Å². The Morgan fingerprint density at radius 1 is 0.913 bits per heavy atom. The molecule has 0 saturated carbocycles. The van der Waals surface area contributed by atoms with E-state index in [4.69, 9.17) is 9.47 Å². The maximum atomic E-state index is 12.3. The quantitative estimate of drug-likeness (QED) is 0.513. The van der Waals surface area contributed by atoms with Crippen molar-refractivity contribution in [2.75, 3.05) is 14.2 Å². The van der Waals surface area contributed by atoms with Crippen molar-refractivity contribution in [3.05, 3.63) is 64.7 Å². The van der Waals surface area contributed by atoms with Gasteiger partial charge >= 0.3 is 0 Å². The van der Waals surface area contributed by atoms with E-state index >= 15 is 0 Å². The maximum absolute atomic E-state index is 12.3. The molecule has 0 radical (unpaired) electrons. The van der Waals surface area contributed by atoms with Crippen molar-refractivity contribution in [1.29, 1.82) is 0 Å². The van der Waals surface area contributed by atoms with Crippen LogP contribution in [0.3, 0.4) is 0 Å². The highest BCUT2D eigenvalue weighted by molar-refractivity contribution is 6.08. The number of aryl methyl sites for hydroxylation is 2. The average molecular weight is 312 g/mol. The average Bonchev–Trinajstić information content (AvgIpc) is 2.56. The first-order valence-electron chi connectivity index (χ1n) is 7.21. The van der Waals surface area contributed by atoms with Gasteiger partial charge in [-0.15, -0.1) is 0 Å². The van der Waals surface area contributed by atoms with Gasteiger partial charge in [-0.2, -0.15) is 0 Å². The molecule has 4 nitrogen and oxygen atoms in total. The van der Waals surface area contributed by atoms with Gasteiger partial charge in [-0.25, -0.2) is 0 Å². The highest BCUT2D eigenvalue weighted by Gasteiger charge is 2.11. The predicted molar refractivity (Wildman–Crippen MR) is 90.4 cm³/mol. The standard InChI is InChI=1S/C19H20O4/c1-12-5-6-14(9-13(12)2)16(20)11-17(21)15-7-8-18(22-3)19(10-15)23-4/h5-11,20H,1-4H3. The zero-order valence-corrected chi connectivity index (χ0v) is 13.7. The molecule has 0 aliphatic carbocycles. The summed E-state index contributed by atoms with van der Waals surface area (Å²) in [5.74, 6) is 0.651. The highest BCUT2D eigenvalue weighted by Crippen LogP contribution is 2.28. The smallest absolute Gasteiger partial charge is 0.189 e. The second-order valence-corrected chi connectivity index (χ2v) is 5.26. The number of aliphatic hydroxyl groups excluding tert-OH is 1. The van der Waals surface area contributed by atoms with Crippen LogP contribution < -0.4 is 9.47 Å². The second kappa shape index (κ2) is 7.01. The molecule has 2 rings (SSSR count). The van der Waals surface area contributed by atoms with Crippen LogP contribution in [0.4, 0.5) is 0 Å². The Bertz CT molecular complexity index is 760. The molecular formula is C19H20O4. The first-order chi connectivity index (χ1) is 11.0. The summed E-state index contributed by atoms with van der Waals surface area (Å²) in [5.41, 5.74) is 3.22. The third kappa shape index (κ3) is 3.72. The van der Waals surface area contributed by atoms with Gasteiger partial charge in [0.25, 0.3) is 0 Å². The van der Waals surface area contributed by atoms with Gasteiger partial charge in [0.1, 0.15) is 5.76 Å². The number of aliphatic hydroxyl groups is 1. The number of hydrogen-bond acceptors (Lipinski definition) is 4. The molecule has 0 aliphatic rings. The van der Waals surface area contributed by atoms with Crippen LogP contribution in [0.1, 0.15) is 27.0 Å². The molecule has 0 saturated heterocycles. The van der Waals surface area contributed by atoms with Crippen molar-refractivity contribution in [1.82, 2.24) is 0 Å². The SMILES string of the molecule is COc1ccc(C(=O)C=C(O)c2ccc(C)c(C)c2)cc1OC. The van der Waals surface area contributed by atoms with Crippen molar-refractivity contribution in [2.45, 2.75) is 13.8 Å². The molecule has 2 aromatic rings. The van der Waals surface area contributed by atoms with E-state index in [1.165, 1.54) is 20.3 Å². The summed E-state index contributed by atoms with van der Waals surface area (Å²) in [6.45, 7) is 3.96. The van der Waals surface area contributed by atoms with Crippen molar-refractivity contribution in [3.63, 3.8) is 0 Å². The molecule has 0 amide bonds. The molecule has 0 fully saturated rings. The molecule has 0 atom stereocenters. The zero-order valence-electron chi connectivity index (χ0n) is 13.7. The van der Waals surface area contributed by atoms with Crippen molar-refractivity contribution in [3.8, 4) is 11.5 Å². The summed E-state index contributed by atoms with van der Waals surface area (Å²) in [6, 6.07) is 10.4. The molecule has 0 spiro atoms. The summed E-state index contributed by atoms with van der Waals surface area (Å²) in [6.07, 6.45) is 1.21. The van der Waals surface area contributed by atoms with Crippen LogP contribution in [0.15, 0.2) is 42.5 Å². The summed E-state index contributed by atoms with van der Waals surface area (Å²) in [4.78, 5) is 12.3. The number of rotatable bonds is 5. The van der Waals surface area contributed by atoms with Crippen LogP contribution in [-0.2, 0) is 0 Å². The highest BCUT2D eigenvalue weighted by atomic mass is 16.5. The Hall–Kier alpha value is -2.75. The molecule has 0 bridgehead atoms. The number of carbonyl (C=O) groups is 1. The predicted octanol–water partition coefficient (Wildman–Crippen LogP) is 4.10. The van der Waals surface area contributed by atoms with Crippen LogP contribution >= 0.6 is 0 Å².